The van der Waals surface area contributed by atoms with Crippen LogP contribution in [-0.2, 0) is 4.32 Å². The van der Waals surface area contributed by atoms with Crippen LogP contribution in [0.15, 0.2) is 48.5 Å². The zero-order chi connectivity index (χ0) is 14.3. The van der Waals surface area contributed by atoms with Crippen molar-refractivity contribution >= 4 is 26.8 Å². The molecule has 1 aromatic heterocycles. The number of aryl methyl sites for hydroxylation is 1. The molecule has 0 radical (unpaired) electrons. The Morgan fingerprint density at radius 1 is 1.00 bits per heavy atom. The molecule has 0 aliphatic rings. The van der Waals surface area contributed by atoms with E-state index < -0.39 is 0 Å². The lowest BCUT2D eigenvalue weighted by Gasteiger charge is -2.16. The second-order valence-electron chi connectivity index (χ2n) is 5.72. The van der Waals surface area contributed by atoms with Gasteiger partial charge < -0.3 is 4.98 Å². The van der Waals surface area contributed by atoms with Gasteiger partial charge in [0, 0.05) is 20.9 Å². The third-order valence-electron chi connectivity index (χ3n) is 3.81. The zero-order valence-corrected chi connectivity index (χ0v) is 13.6. The highest BCUT2D eigenvalue weighted by atomic mass is 79.9. The molecule has 0 atom stereocenters. The van der Waals surface area contributed by atoms with Crippen molar-refractivity contribution in [2.45, 2.75) is 25.1 Å². The first-order valence-electron chi connectivity index (χ1n) is 6.84. The van der Waals surface area contributed by atoms with Crippen molar-refractivity contribution in [2.24, 2.45) is 0 Å². The zero-order valence-electron chi connectivity index (χ0n) is 12.0. The lowest BCUT2D eigenvalue weighted by Crippen LogP contribution is -2.05. The maximum atomic E-state index is 3.74. The molecule has 0 fully saturated rings. The average Bonchev–Trinajstić information content (AvgIpc) is 2.76. The fraction of sp³-hybridized carbons (Fsp3) is 0.222. The lowest BCUT2D eigenvalue weighted by molar-refractivity contribution is 0.805. The van der Waals surface area contributed by atoms with Crippen LogP contribution in [0.25, 0.3) is 22.2 Å². The number of hydrogen-bond acceptors (Lipinski definition) is 0. The number of alkyl halides is 1. The van der Waals surface area contributed by atoms with Crippen molar-refractivity contribution in [3.8, 4) is 11.3 Å². The van der Waals surface area contributed by atoms with E-state index in [4.69, 9.17) is 0 Å². The van der Waals surface area contributed by atoms with E-state index >= 15 is 0 Å². The minimum Gasteiger partial charge on any atom is -0.354 e. The minimum absolute atomic E-state index is 0.00217. The molecule has 1 heterocycles. The number of rotatable bonds is 2. The van der Waals surface area contributed by atoms with Crippen LogP contribution < -0.4 is 0 Å². The van der Waals surface area contributed by atoms with E-state index in [9.17, 15) is 0 Å². The molecule has 0 unspecified atom stereocenters. The van der Waals surface area contributed by atoms with Crippen LogP contribution >= 0.6 is 15.9 Å². The first-order valence-corrected chi connectivity index (χ1v) is 7.63. The number of halogens is 1. The van der Waals surface area contributed by atoms with Gasteiger partial charge in [0.2, 0.25) is 0 Å². The number of aromatic nitrogens is 1. The lowest BCUT2D eigenvalue weighted by atomic mass is 9.99. The van der Waals surface area contributed by atoms with Gasteiger partial charge in [-0.1, -0.05) is 52.3 Å². The molecule has 0 aliphatic carbocycles. The van der Waals surface area contributed by atoms with Crippen LogP contribution in [0.2, 0.25) is 0 Å². The molecule has 0 amide bonds. The SMILES string of the molecule is Cc1c(-c2ccccc2)[nH]c2ccc(C(C)(C)Br)cc12. The molecule has 0 spiro atoms. The van der Waals surface area contributed by atoms with Gasteiger partial charge in [-0.15, -0.1) is 0 Å². The fourth-order valence-electron chi connectivity index (χ4n) is 2.59. The molecule has 1 nitrogen and oxygen atoms in total. The number of hydrogen-bond donors (Lipinski definition) is 1. The predicted octanol–water partition coefficient (Wildman–Crippen LogP) is 5.77. The number of fused-ring (bicyclic) bond motifs is 1. The summed E-state index contributed by atoms with van der Waals surface area (Å²) in [6, 6.07) is 17.1. The van der Waals surface area contributed by atoms with Crippen molar-refractivity contribution < 1.29 is 0 Å². The summed E-state index contributed by atoms with van der Waals surface area (Å²) >= 11 is 3.74. The fourth-order valence-corrected chi connectivity index (χ4v) is 2.84. The first-order chi connectivity index (χ1) is 9.47. The van der Waals surface area contributed by atoms with E-state index in [-0.39, 0.29) is 4.32 Å². The van der Waals surface area contributed by atoms with E-state index in [0.29, 0.717) is 0 Å². The maximum absolute atomic E-state index is 3.74. The topological polar surface area (TPSA) is 15.8 Å². The molecule has 3 aromatic rings. The quantitative estimate of drug-likeness (QED) is 0.575. The Morgan fingerprint density at radius 2 is 1.70 bits per heavy atom. The summed E-state index contributed by atoms with van der Waals surface area (Å²) in [6.45, 7) is 6.54. The Balaban J connectivity index is 2.21. The van der Waals surface area contributed by atoms with Crippen LogP contribution in [-0.4, -0.2) is 4.98 Å². The normalized spacial score (nSPS) is 12.0. The third kappa shape index (κ3) is 2.29. The minimum atomic E-state index is -0.00217. The second kappa shape index (κ2) is 4.78. The van der Waals surface area contributed by atoms with Gasteiger partial charge in [-0.3, -0.25) is 0 Å². The Kier molecular flexibility index (Phi) is 3.21. The van der Waals surface area contributed by atoms with Crippen molar-refractivity contribution in [1.82, 2.24) is 4.98 Å². The summed E-state index contributed by atoms with van der Waals surface area (Å²) in [6.07, 6.45) is 0. The van der Waals surface area contributed by atoms with Gasteiger partial charge in [0.25, 0.3) is 0 Å². The largest absolute Gasteiger partial charge is 0.354 e. The third-order valence-corrected chi connectivity index (χ3v) is 4.27. The molecular weight excluding hydrogens is 310 g/mol. The predicted molar refractivity (Wildman–Crippen MR) is 90.4 cm³/mol. The van der Waals surface area contributed by atoms with Gasteiger partial charge in [-0.05, 0) is 49.6 Å². The Bertz CT molecular complexity index is 748. The Labute approximate surface area is 128 Å². The molecule has 0 bridgehead atoms. The van der Waals surface area contributed by atoms with Gasteiger partial charge >= 0.3 is 0 Å². The Morgan fingerprint density at radius 3 is 2.35 bits per heavy atom. The first kappa shape index (κ1) is 13.4. The summed E-state index contributed by atoms with van der Waals surface area (Å²) in [5, 5.41) is 1.30. The van der Waals surface area contributed by atoms with Crippen LogP contribution in [0.5, 0.6) is 0 Å². The summed E-state index contributed by atoms with van der Waals surface area (Å²) in [4.78, 5) is 3.54. The van der Waals surface area contributed by atoms with E-state index in [1.807, 2.05) is 6.07 Å². The van der Waals surface area contributed by atoms with Crippen molar-refractivity contribution in [1.29, 1.82) is 0 Å². The van der Waals surface area contributed by atoms with E-state index in [1.54, 1.807) is 0 Å². The highest BCUT2D eigenvalue weighted by molar-refractivity contribution is 9.09. The standard InChI is InChI=1S/C18H18BrN/c1-12-15-11-14(18(2,3)19)9-10-16(15)20-17(12)13-7-5-4-6-8-13/h4-11,20H,1-3H3. The number of benzene rings is 2. The van der Waals surface area contributed by atoms with Crippen molar-refractivity contribution in [2.75, 3.05) is 0 Å². The molecule has 2 aromatic carbocycles. The van der Waals surface area contributed by atoms with Crippen LogP contribution in [0.3, 0.4) is 0 Å². The molecule has 2 heteroatoms. The summed E-state index contributed by atoms with van der Waals surface area (Å²) in [7, 11) is 0. The number of H-pyrrole nitrogens is 1. The molecule has 1 N–H and O–H groups in total. The molecule has 20 heavy (non-hydrogen) atoms. The van der Waals surface area contributed by atoms with Gasteiger partial charge in [0.05, 0.1) is 0 Å². The second-order valence-corrected chi connectivity index (χ2v) is 7.71. The Hall–Kier alpha value is -1.54. The smallest absolute Gasteiger partial charge is 0.0494 e. The van der Waals surface area contributed by atoms with Gasteiger partial charge in [0.15, 0.2) is 0 Å². The molecule has 0 saturated carbocycles. The van der Waals surface area contributed by atoms with Crippen LogP contribution in [0.4, 0.5) is 0 Å². The van der Waals surface area contributed by atoms with Gasteiger partial charge in [0.1, 0.15) is 0 Å². The van der Waals surface area contributed by atoms with E-state index in [0.717, 1.165) is 0 Å². The van der Waals surface area contributed by atoms with Gasteiger partial charge in [-0.2, -0.15) is 0 Å². The van der Waals surface area contributed by atoms with Crippen LogP contribution in [0.1, 0.15) is 25.0 Å². The van der Waals surface area contributed by atoms with Crippen molar-refractivity contribution in [3.63, 3.8) is 0 Å². The highest BCUT2D eigenvalue weighted by Gasteiger charge is 2.18. The summed E-state index contributed by atoms with van der Waals surface area (Å²) in [5.74, 6) is 0. The van der Waals surface area contributed by atoms with E-state index in [2.05, 4.69) is 84.1 Å². The monoisotopic (exact) mass is 327 g/mol. The number of aromatic amines is 1. The molecule has 102 valence electrons. The van der Waals surface area contributed by atoms with Crippen molar-refractivity contribution in [3.05, 3.63) is 59.7 Å². The summed E-state index contributed by atoms with van der Waals surface area (Å²) < 4.78 is -0.00217. The molecule has 3 rings (SSSR count). The highest BCUT2D eigenvalue weighted by Crippen LogP contribution is 2.35. The molecular formula is C18H18BrN. The average molecular weight is 328 g/mol. The molecule has 0 saturated heterocycles. The summed E-state index contributed by atoms with van der Waals surface area (Å²) in [5.41, 5.74) is 6.25. The molecule has 0 aliphatic heterocycles. The van der Waals surface area contributed by atoms with Gasteiger partial charge in [-0.25, -0.2) is 0 Å². The van der Waals surface area contributed by atoms with E-state index in [1.165, 1.54) is 33.3 Å². The van der Waals surface area contributed by atoms with Crippen LogP contribution in [0, 0.1) is 6.92 Å². The maximum Gasteiger partial charge on any atom is 0.0494 e. The number of nitrogens with one attached hydrogen (secondary N) is 1.